The van der Waals surface area contributed by atoms with Crippen molar-refractivity contribution in [3.63, 3.8) is 0 Å². The van der Waals surface area contributed by atoms with Gasteiger partial charge in [-0.05, 0) is 37.4 Å². The summed E-state index contributed by atoms with van der Waals surface area (Å²) >= 11 is 0. The van der Waals surface area contributed by atoms with Crippen LogP contribution in [-0.2, 0) is 11.3 Å². The molecule has 1 aromatic rings. The standard InChI is InChI=1S/C16H26N2O/c1-4-14(11-17)10-16(19)18(5-2)12-15-9-7-6-8-13(15)3/h6-9,14H,4-5,10-12,17H2,1-3H3. The van der Waals surface area contributed by atoms with Crippen molar-refractivity contribution in [2.45, 2.75) is 40.2 Å². The molecule has 0 aliphatic heterocycles. The second kappa shape index (κ2) is 7.95. The second-order valence-corrected chi connectivity index (χ2v) is 5.05. The Balaban J connectivity index is 2.68. The topological polar surface area (TPSA) is 46.3 Å². The number of aryl methyl sites for hydroxylation is 1. The van der Waals surface area contributed by atoms with E-state index in [1.165, 1.54) is 11.1 Å². The van der Waals surface area contributed by atoms with Crippen LogP contribution in [0.2, 0.25) is 0 Å². The van der Waals surface area contributed by atoms with E-state index in [1.807, 2.05) is 24.0 Å². The van der Waals surface area contributed by atoms with Crippen molar-refractivity contribution in [2.24, 2.45) is 11.7 Å². The van der Waals surface area contributed by atoms with E-state index in [2.05, 4.69) is 26.0 Å². The number of nitrogens with two attached hydrogens (primary N) is 1. The maximum Gasteiger partial charge on any atom is 0.223 e. The van der Waals surface area contributed by atoms with Crippen molar-refractivity contribution >= 4 is 5.91 Å². The Hall–Kier alpha value is -1.35. The molecule has 0 heterocycles. The third-order valence-electron chi connectivity index (χ3n) is 3.73. The smallest absolute Gasteiger partial charge is 0.223 e. The minimum absolute atomic E-state index is 0.211. The normalized spacial score (nSPS) is 12.2. The van der Waals surface area contributed by atoms with E-state index in [4.69, 9.17) is 5.73 Å². The molecule has 0 saturated heterocycles. The first kappa shape index (κ1) is 15.7. The summed E-state index contributed by atoms with van der Waals surface area (Å²) in [5.74, 6) is 0.515. The summed E-state index contributed by atoms with van der Waals surface area (Å²) < 4.78 is 0. The zero-order valence-corrected chi connectivity index (χ0v) is 12.4. The molecule has 106 valence electrons. The van der Waals surface area contributed by atoms with E-state index in [9.17, 15) is 4.79 Å². The van der Waals surface area contributed by atoms with Crippen LogP contribution in [0.15, 0.2) is 24.3 Å². The lowest BCUT2D eigenvalue weighted by atomic mass is 10.0. The lowest BCUT2D eigenvalue weighted by Crippen LogP contribution is -2.33. The molecule has 0 aliphatic rings. The van der Waals surface area contributed by atoms with Gasteiger partial charge in [-0.15, -0.1) is 0 Å². The Morgan fingerprint density at radius 3 is 2.53 bits per heavy atom. The molecule has 0 fully saturated rings. The van der Waals surface area contributed by atoms with Gasteiger partial charge in [0.25, 0.3) is 0 Å². The maximum atomic E-state index is 12.3. The van der Waals surface area contributed by atoms with Crippen molar-refractivity contribution in [2.75, 3.05) is 13.1 Å². The van der Waals surface area contributed by atoms with Crippen molar-refractivity contribution in [1.29, 1.82) is 0 Å². The minimum Gasteiger partial charge on any atom is -0.339 e. The fourth-order valence-electron chi connectivity index (χ4n) is 2.14. The molecule has 0 aliphatic carbocycles. The molecule has 19 heavy (non-hydrogen) atoms. The van der Waals surface area contributed by atoms with Crippen molar-refractivity contribution in [3.05, 3.63) is 35.4 Å². The predicted molar refractivity (Wildman–Crippen MR) is 79.7 cm³/mol. The van der Waals surface area contributed by atoms with Gasteiger partial charge in [-0.2, -0.15) is 0 Å². The number of amides is 1. The average molecular weight is 262 g/mol. The van der Waals surface area contributed by atoms with E-state index >= 15 is 0 Å². The molecular formula is C16H26N2O. The second-order valence-electron chi connectivity index (χ2n) is 5.05. The molecule has 3 nitrogen and oxygen atoms in total. The fraction of sp³-hybridized carbons (Fsp3) is 0.562. The number of hydrogen-bond acceptors (Lipinski definition) is 2. The first-order valence-electron chi connectivity index (χ1n) is 7.14. The van der Waals surface area contributed by atoms with Crippen LogP contribution in [0.5, 0.6) is 0 Å². The molecule has 0 radical (unpaired) electrons. The highest BCUT2D eigenvalue weighted by Gasteiger charge is 2.17. The summed E-state index contributed by atoms with van der Waals surface area (Å²) in [6, 6.07) is 8.22. The summed E-state index contributed by atoms with van der Waals surface area (Å²) in [5.41, 5.74) is 8.14. The summed E-state index contributed by atoms with van der Waals surface area (Å²) in [6.45, 7) is 8.23. The van der Waals surface area contributed by atoms with Crippen molar-refractivity contribution < 1.29 is 4.79 Å². The van der Waals surface area contributed by atoms with E-state index in [1.54, 1.807) is 0 Å². The quantitative estimate of drug-likeness (QED) is 0.821. The van der Waals surface area contributed by atoms with Crippen LogP contribution in [0.1, 0.15) is 37.8 Å². The summed E-state index contributed by atoms with van der Waals surface area (Å²) in [7, 11) is 0. The van der Waals surface area contributed by atoms with E-state index in [0.717, 1.165) is 13.0 Å². The van der Waals surface area contributed by atoms with Gasteiger partial charge < -0.3 is 10.6 Å². The van der Waals surface area contributed by atoms with Crippen LogP contribution in [0.3, 0.4) is 0 Å². The van der Waals surface area contributed by atoms with Gasteiger partial charge in [-0.25, -0.2) is 0 Å². The summed E-state index contributed by atoms with van der Waals surface area (Å²) in [5, 5.41) is 0. The number of carbonyl (C=O) groups is 1. The van der Waals surface area contributed by atoms with Gasteiger partial charge in [0, 0.05) is 19.5 Å². The molecule has 1 amide bonds. The van der Waals surface area contributed by atoms with Gasteiger partial charge in [0.15, 0.2) is 0 Å². The first-order valence-corrected chi connectivity index (χ1v) is 7.14. The lowest BCUT2D eigenvalue weighted by molar-refractivity contribution is -0.132. The van der Waals surface area contributed by atoms with Crippen LogP contribution in [-0.4, -0.2) is 23.9 Å². The van der Waals surface area contributed by atoms with Gasteiger partial charge in [0.1, 0.15) is 0 Å². The Bertz CT molecular complexity index is 399. The fourth-order valence-corrected chi connectivity index (χ4v) is 2.14. The Kier molecular flexibility index (Phi) is 6.57. The molecule has 1 rings (SSSR count). The molecule has 2 N–H and O–H groups in total. The summed E-state index contributed by atoms with van der Waals surface area (Å²) in [4.78, 5) is 14.2. The molecule has 1 atom stereocenters. The van der Waals surface area contributed by atoms with Crippen LogP contribution >= 0.6 is 0 Å². The minimum atomic E-state index is 0.211. The van der Waals surface area contributed by atoms with E-state index in [-0.39, 0.29) is 5.91 Å². The average Bonchev–Trinajstić information content (AvgIpc) is 2.43. The van der Waals surface area contributed by atoms with Crippen LogP contribution in [0, 0.1) is 12.8 Å². The van der Waals surface area contributed by atoms with Gasteiger partial charge >= 0.3 is 0 Å². The van der Waals surface area contributed by atoms with Crippen molar-refractivity contribution in [3.8, 4) is 0 Å². The highest BCUT2D eigenvalue weighted by Crippen LogP contribution is 2.14. The monoisotopic (exact) mass is 262 g/mol. The molecule has 0 spiro atoms. The molecular weight excluding hydrogens is 236 g/mol. The Labute approximate surface area is 116 Å². The van der Waals surface area contributed by atoms with Gasteiger partial charge in [0.2, 0.25) is 5.91 Å². The molecule has 0 aromatic heterocycles. The molecule has 3 heteroatoms. The van der Waals surface area contributed by atoms with Gasteiger partial charge in [-0.1, -0.05) is 37.6 Å². The first-order chi connectivity index (χ1) is 9.12. The maximum absolute atomic E-state index is 12.3. The number of hydrogen-bond donors (Lipinski definition) is 1. The molecule has 0 bridgehead atoms. The predicted octanol–water partition coefficient (Wildman–Crippen LogP) is 2.72. The number of carbonyl (C=O) groups excluding carboxylic acids is 1. The highest BCUT2D eigenvalue weighted by molar-refractivity contribution is 5.76. The molecule has 1 aromatic carbocycles. The third kappa shape index (κ3) is 4.67. The van der Waals surface area contributed by atoms with Gasteiger partial charge in [0.05, 0.1) is 0 Å². The zero-order chi connectivity index (χ0) is 14.3. The zero-order valence-electron chi connectivity index (χ0n) is 12.4. The third-order valence-corrected chi connectivity index (χ3v) is 3.73. The van der Waals surface area contributed by atoms with E-state index < -0.39 is 0 Å². The highest BCUT2D eigenvalue weighted by atomic mass is 16.2. The largest absolute Gasteiger partial charge is 0.339 e. The molecule has 1 unspecified atom stereocenters. The Morgan fingerprint density at radius 2 is 2.00 bits per heavy atom. The van der Waals surface area contributed by atoms with E-state index in [0.29, 0.717) is 25.4 Å². The van der Waals surface area contributed by atoms with Gasteiger partial charge in [-0.3, -0.25) is 4.79 Å². The van der Waals surface area contributed by atoms with Crippen LogP contribution < -0.4 is 5.73 Å². The van der Waals surface area contributed by atoms with Crippen molar-refractivity contribution in [1.82, 2.24) is 4.90 Å². The van der Waals surface area contributed by atoms with Crippen LogP contribution in [0.25, 0.3) is 0 Å². The lowest BCUT2D eigenvalue weighted by Gasteiger charge is -2.24. The molecule has 0 saturated carbocycles. The number of nitrogens with zero attached hydrogens (tertiary/aromatic N) is 1. The SMILES string of the molecule is CCC(CN)CC(=O)N(CC)Cc1ccccc1C. The van der Waals surface area contributed by atoms with Crippen LogP contribution in [0.4, 0.5) is 0 Å². The summed E-state index contributed by atoms with van der Waals surface area (Å²) in [6.07, 6.45) is 1.52. The number of rotatable bonds is 7. The Morgan fingerprint density at radius 1 is 1.32 bits per heavy atom. The number of benzene rings is 1.